The maximum Gasteiger partial charge on any atom is 0.0753 e. The fraction of sp³-hybridized carbons (Fsp3) is 0.417. The summed E-state index contributed by atoms with van der Waals surface area (Å²) >= 11 is 5.04. The van der Waals surface area contributed by atoms with Crippen LogP contribution in [-0.4, -0.2) is 4.99 Å². The van der Waals surface area contributed by atoms with Crippen LogP contribution in [0.15, 0.2) is 30.3 Å². The SMILES string of the molecule is CC.CCC(=S)NCc1ccccc1. The average molecular weight is 209 g/mol. The van der Waals surface area contributed by atoms with Crippen molar-refractivity contribution < 1.29 is 0 Å². The largest absolute Gasteiger partial charge is 0.376 e. The Hall–Kier alpha value is -0.890. The number of nitrogens with one attached hydrogen (secondary N) is 1. The fourth-order valence-electron chi connectivity index (χ4n) is 0.922. The van der Waals surface area contributed by atoms with Crippen molar-refractivity contribution >= 4 is 17.2 Å². The van der Waals surface area contributed by atoms with Crippen molar-refractivity contribution in [2.75, 3.05) is 0 Å². The zero-order valence-corrected chi connectivity index (χ0v) is 10.0. The van der Waals surface area contributed by atoms with Crippen LogP contribution >= 0.6 is 12.2 Å². The highest BCUT2D eigenvalue weighted by atomic mass is 32.1. The predicted molar refractivity (Wildman–Crippen MR) is 67.5 cm³/mol. The second-order valence-corrected chi connectivity index (χ2v) is 3.11. The quantitative estimate of drug-likeness (QED) is 0.764. The summed E-state index contributed by atoms with van der Waals surface area (Å²) in [5.41, 5.74) is 1.27. The van der Waals surface area contributed by atoms with Gasteiger partial charge in [0, 0.05) is 6.54 Å². The van der Waals surface area contributed by atoms with Gasteiger partial charge in [-0.15, -0.1) is 0 Å². The van der Waals surface area contributed by atoms with Gasteiger partial charge in [0.25, 0.3) is 0 Å². The van der Waals surface area contributed by atoms with Crippen molar-refractivity contribution in [3.63, 3.8) is 0 Å². The molecule has 0 amide bonds. The maximum atomic E-state index is 5.04. The molecule has 1 aromatic carbocycles. The Morgan fingerprint density at radius 3 is 2.29 bits per heavy atom. The molecule has 0 unspecified atom stereocenters. The zero-order valence-electron chi connectivity index (χ0n) is 9.21. The lowest BCUT2D eigenvalue weighted by atomic mass is 10.2. The molecule has 78 valence electrons. The van der Waals surface area contributed by atoms with E-state index in [-0.39, 0.29) is 0 Å². The molecule has 0 atom stereocenters. The first-order chi connectivity index (χ1) is 6.83. The Morgan fingerprint density at radius 2 is 1.79 bits per heavy atom. The lowest BCUT2D eigenvalue weighted by Crippen LogP contribution is -2.19. The van der Waals surface area contributed by atoms with Crippen molar-refractivity contribution in [3.8, 4) is 0 Å². The molecule has 0 aliphatic heterocycles. The summed E-state index contributed by atoms with van der Waals surface area (Å²) in [4.78, 5) is 0.929. The van der Waals surface area contributed by atoms with E-state index in [9.17, 15) is 0 Å². The molecule has 0 aliphatic rings. The highest BCUT2D eigenvalue weighted by Crippen LogP contribution is 1.97. The third-order valence-electron chi connectivity index (χ3n) is 1.65. The van der Waals surface area contributed by atoms with E-state index in [1.54, 1.807) is 0 Å². The molecule has 1 aromatic rings. The molecule has 0 saturated carbocycles. The molecule has 0 bridgehead atoms. The molecule has 0 radical (unpaired) electrons. The lowest BCUT2D eigenvalue weighted by molar-refractivity contribution is 0.907. The summed E-state index contributed by atoms with van der Waals surface area (Å²) in [7, 11) is 0. The van der Waals surface area contributed by atoms with E-state index in [4.69, 9.17) is 12.2 Å². The van der Waals surface area contributed by atoms with Crippen LogP contribution in [0.25, 0.3) is 0 Å². The molecule has 0 spiro atoms. The monoisotopic (exact) mass is 209 g/mol. The zero-order chi connectivity index (χ0) is 10.8. The molecule has 0 fully saturated rings. The summed E-state index contributed by atoms with van der Waals surface area (Å²) in [5.74, 6) is 0. The van der Waals surface area contributed by atoms with Gasteiger partial charge in [-0.3, -0.25) is 0 Å². The normalized spacial score (nSPS) is 8.50. The van der Waals surface area contributed by atoms with Gasteiger partial charge < -0.3 is 5.32 Å². The number of benzene rings is 1. The van der Waals surface area contributed by atoms with Gasteiger partial charge in [0.1, 0.15) is 0 Å². The van der Waals surface area contributed by atoms with Gasteiger partial charge in [-0.1, -0.05) is 63.3 Å². The van der Waals surface area contributed by atoms with Crippen molar-refractivity contribution in [1.82, 2.24) is 5.32 Å². The summed E-state index contributed by atoms with van der Waals surface area (Å²) in [6, 6.07) is 10.3. The predicted octanol–water partition coefficient (Wildman–Crippen LogP) is 3.54. The minimum Gasteiger partial charge on any atom is -0.376 e. The summed E-state index contributed by atoms with van der Waals surface area (Å²) in [5, 5.41) is 3.18. The van der Waals surface area contributed by atoms with Crippen LogP contribution in [-0.2, 0) is 6.54 Å². The van der Waals surface area contributed by atoms with Crippen LogP contribution in [0.2, 0.25) is 0 Å². The van der Waals surface area contributed by atoms with Gasteiger partial charge in [-0.25, -0.2) is 0 Å². The lowest BCUT2D eigenvalue weighted by Gasteiger charge is -2.04. The Kier molecular flexibility index (Phi) is 8.14. The molecule has 1 rings (SSSR count). The van der Waals surface area contributed by atoms with E-state index in [1.807, 2.05) is 32.0 Å². The van der Waals surface area contributed by atoms with E-state index in [0.29, 0.717) is 0 Å². The Morgan fingerprint density at radius 1 is 1.21 bits per heavy atom. The standard InChI is InChI=1S/C10H13NS.C2H6/c1-2-10(12)11-8-9-6-4-3-5-7-9;1-2/h3-7H,2,8H2,1H3,(H,11,12);1-2H3. The molecule has 14 heavy (non-hydrogen) atoms. The number of hydrogen-bond donors (Lipinski definition) is 1. The van der Waals surface area contributed by atoms with Crippen LogP contribution in [0.5, 0.6) is 0 Å². The van der Waals surface area contributed by atoms with Crippen LogP contribution in [0.1, 0.15) is 32.8 Å². The second kappa shape index (κ2) is 8.70. The molecule has 0 aliphatic carbocycles. The van der Waals surface area contributed by atoms with Crippen LogP contribution in [0.3, 0.4) is 0 Å². The van der Waals surface area contributed by atoms with E-state index in [2.05, 4.69) is 24.4 Å². The maximum absolute atomic E-state index is 5.04. The minimum atomic E-state index is 0.841. The van der Waals surface area contributed by atoms with Gasteiger partial charge in [-0.05, 0) is 12.0 Å². The summed E-state index contributed by atoms with van der Waals surface area (Å²) in [6.45, 7) is 6.90. The van der Waals surface area contributed by atoms with Gasteiger partial charge >= 0.3 is 0 Å². The summed E-state index contributed by atoms with van der Waals surface area (Å²) < 4.78 is 0. The Bertz CT molecular complexity index is 244. The van der Waals surface area contributed by atoms with Crippen LogP contribution in [0.4, 0.5) is 0 Å². The Balaban J connectivity index is 0.000000791. The molecule has 0 aromatic heterocycles. The molecular formula is C12H19NS. The van der Waals surface area contributed by atoms with Gasteiger partial charge in [0.15, 0.2) is 0 Å². The molecular weight excluding hydrogens is 190 g/mol. The number of hydrogen-bond acceptors (Lipinski definition) is 1. The highest BCUT2D eigenvalue weighted by molar-refractivity contribution is 7.80. The van der Waals surface area contributed by atoms with Crippen molar-refractivity contribution in [2.24, 2.45) is 0 Å². The minimum absolute atomic E-state index is 0.841. The van der Waals surface area contributed by atoms with Crippen molar-refractivity contribution in [3.05, 3.63) is 35.9 Å². The molecule has 0 saturated heterocycles. The van der Waals surface area contributed by atoms with E-state index < -0.39 is 0 Å². The first kappa shape index (κ1) is 13.1. The van der Waals surface area contributed by atoms with Crippen molar-refractivity contribution in [1.29, 1.82) is 0 Å². The van der Waals surface area contributed by atoms with Crippen LogP contribution < -0.4 is 5.32 Å². The van der Waals surface area contributed by atoms with Crippen molar-refractivity contribution in [2.45, 2.75) is 33.7 Å². The molecule has 2 heteroatoms. The van der Waals surface area contributed by atoms with E-state index in [1.165, 1.54) is 5.56 Å². The highest BCUT2D eigenvalue weighted by Gasteiger charge is 1.91. The third kappa shape index (κ3) is 5.70. The topological polar surface area (TPSA) is 12.0 Å². The van der Waals surface area contributed by atoms with E-state index >= 15 is 0 Å². The summed E-state index contributed by atoms with van der Waals surface area (Å²) in [6.07, 6.45) is 0.919. The van der Waals surface area contributed by atoms with Gasteiger partial charge in [0.2, 0.25) is 0 Å². The van der Waals surface area contributed by atoms with Gasteiger partial charge in [-0.2, -0.15) is 0 Å². The first-order valence-corrected chi connectivity index (χ1v) is 5.54. The fourth-order valence-corrected chi connectivity index (χ4v) is 0.994. The second-order valence-electron chi connectivity index (χ2n) is 2.62. The first-order valence-electron chi connectivity index (χ1n) is 5.13. The number of rotatable bonds is 3. The van der Waals surface area contributed by atoms with E-state index in [0.717, 1.165) is 18.0 Å². The third-order valence-corrected chi connectivity index (χ3v) is 2.09. The molecule has 0 heterocycles. The van der Waals surface area contributed by atoms with Crippen LogP contribution in [0, 0.1) is 0 Å². The van der Waals surface area contributed by atoms with Gasteiger partial charge in [0.05, 0.1) is 4.99 Å². The smallest absolute Gasteiger partial charge is 0.0753 e. The number of thiocarbonyl (C=S) groups is 1. The Labute approximate surface area is 92.5 Å². The average Bonchev–Trinajstić information content (AvgIpc) is 2.30. The molecule has 1 nitrogen and oxygen atoms in total. The molecule has 1 N–H and O–H groups in total.